The van der Waals surface area contributed by atoms with Crippen LogP contribution < -0.4 is 5.32 Å². The summed E-state index contributed by atoms with van der Waals surface area (Å²) >= 11 is 0. The molecule has 2 N–H and O–H groups in total. The Morgan fingerprint density at radius 2 is 2.10 bits per heavy atom. The molecule has 5 heteroatoms. The van der Waals surface area contributed by atoms with E-state index < -0.39 is 6.10 Å². The molecule has 0 spiro atoms. The number of β-amino-alcohol motifs (C(OH)–C–C–N with tert-alkyl or cyclic N) is 1. The fourth-order valence-corrected chi connectivity index (χ4v) is 2.34. The molecule has 0 amide bonds. The van der Waals surface area contributed by atoms with Gasteiger partial charge in [-0.1, -0.05) is 18.2 Å². The Morgan fingerprint density at radius 3 is 2.81 bits per heavy atom. The zero-order chi connectivity index (χ0) is 15.1. The molecule has 4 nitrogen and oxygen atoms in total. The molecule has 21 heavy (non-hydrogen) atoms. The van der Waals surface area contributed by atoms with Gasteiger partial charge in [0.2, 0.25) is 0 Å². The van der Waals surface area contributed by atoms with Crippen LogP contribution in [0.5, 0.6) is 0 Å². The number of aliphatic hydroxyl groups excluding tert-OH is 1. The quantitative estimate of drug-likeness (QED) is 0.806. The number of nitrogens with one attached hydrogen (secondary N) is 1. The van der Waals surface area contributed by atoms with Gasteiger partial charge in [0.05, 0.1) is 19.3 Å². The Morgan fingerprint density at radius 1 is 1.38 bits per heavy atom. The van der Waals surface area contributed by atoms with E-state index in [0.717, 1.165) is 26.1 Å². The van der Waals surface area contributed by atoms with Gasteiger partial charge in [0.15, 0.2) is 0 Å². The second-order valence-electron chi connectivity index (χ2n) is 5.81. The second-order valence-corrected chi connectivity index (χ2v) is 5.81. The first kappa shape index (κ1) is 16.4. The number of hydrogen-bond donors (Lipinski definition) is 2. The third-order valence-electron chi connectivity index (χ3n) is 3.89. The zero-order valence-corrected chi connectivity index (χ0v) is 12.5. The highest BCUT2D eigenvalue weighted by molar-refractivity contribution is 5.16. The van der Waals surface area contributed by atoms with Crippen molar-refractivity contribution in [1.29, 1.82) is 0 Å². The first-order valence-corrected chi connectivity index (χ1v) is 7.41. The maximum absolute atomic E-state index is 13.4. The van der Waals surface area contributed by atoms with Crippen LogP contribution in [0.2, 0.25) is 0 Å². The van der Waals surface area contributed by atoms with Crippen LogP contribution in [-0.4, -0.2) is 43.1 Å². The third kappa shape index (κ3) is 5.36. The molecule has 118 valence electrons. The van der Waals surface area contributed by atoms with Gasteiger partial charge in [0, 0.05) is 30.9 Å². The van der Waals surface area contributed by atoms with E-state index in [9.17, 15) is 9.50 Å². The lowest BCUT2D eigenvalue weighted by atomic mass is 9.92. The number of benzene rings is 1. The summed E-state index contributed by atoms with van der Waals surface area (Å²) in [5, 5.41) is 13.3. The lowest BCUT2D eigenvalue weighted by Crippen LogP contribution is -2.49. The molecule has 0 saturated carbocycles. The van der Waals surface area contributed by atoms with Crippen LogP contribution in [0.3, 0.4) is 0 Å². The maximum Gasteiger partial charge on any atom is 0.128 e. The van der Waals surface area contributed by atoms with Crippen molar-refractivity contribution < 1.29 is 19.0 Å². The van der Waals surface area contributed by atoms with Crippen molar-refractivity contribution in [1.82, 2.24) is 5.32 Å². The molecular weight excluding hydrogens is 273 g/mol. The van der Waals surface area contributed by atoms with Crippen LogP contribution in [0, 0.1) is 5.82 Å². The van der Waals surface area contributed by atoms with E-state index in [0.29, 0.717) is 12.1 Å². The number of halogens is 1. The molecule has 2 rings (SSSR count). The molecule has 1 saturated heterocycles. The highest BCUT2D eigenvalue weighted by Crippen LogP contribution is 2.19. The minimum absolute atomic E-state index is 0.0186. The van der Waals surface area contributed by atoms with Crippen molar-refractivity contribution in [3.63, 3.8) is 0 Å². The Balaban J connectivity index is 1.65. The molecule has 1 atom stereocenters. The van der Waals surface area contributed by atoms with Crippen LogP contribution in [0.25, 0.3) is 0 Å². The van der Waals surface area contributed by atoms with E-state index >= 15 is 0 Å². The van der Waals surface area contributed by atoms with Crippen LogP contribution in [0.15, 0.2) is 24.3 Å². The molecule has 1 fully saturated rings. The van der Waals surface area contributed by atoms with Crippen molar-refractivity contribution in [3.8, 4) is 0 Å². The topological polar surface area (TPSA) is 50.7 Å². The molecule has 0 aromatic heterocycles. The number of ether oxygens (including phenoxy) is 2. The van der Waals surface area contributed by atoms with E-state index in [1.54, 1.807) is 18.2 Å². The summed E-state index contributed by atoms with van der Waals surface area (Å²) in [7, 11) is 0. The van der Waals surface area contributed by atoms with Crippen molar-refractivity contribution in [2.45, 2.75) is 38.0 Å². The van der Waals surface area contributed by atoms with E-state index in [1.165, 1.54) is 6.07 Å². The average Bonchev–Trinajstić information content (AvgIpc) is 2.48. The fraction of sp³-hybridized carbons (Fsp3) is 0.625. The smallest absolute Gasteiger partial charge is 0.128 e. The van der Waals surface area contributed by atoms with Crippen LogP contribution in [0.4, 0.5) is 4.39 Å². The predicted molar refractivity (Wildman–Crippen MR) is 78.5 cm³/mol. The Bertz CT molecular complexity index is 435. The summed E-state index contributed by atoms with van der Waals surface area (Å²) in [4.78, 5) is 0. The molecule has 0 aliphatic carbocycles. The normalized spacial score (nSPS) is 19.4. The van der Waals surface area contributed by atoms with Crippen molar-refractivity contribution >= 4 is 0 Å². The largest absolute Gasteiger partial charge is 0.389 e. The summed E-state index contributed by atoms with van der Waals surface area (Å²) in [6.07, 6.45) is 1.28. The predicted octanol–water partition coefficient (Wildman–Crippen LogP) is 1.86. The molecule has 1 heterocycles. The molecule has 1 aromatic carbocycles. The van der Waals surface area contributed by atoms with Crippen molar-refractivity contribution in [3.05, 3.63) is 35.6 Å². The maximum atomic E-state index is 13.4. The third-order valence-corrected chi connectivity index (χ3v) is 3.89. The van der Waals surface area contributed by atoms with Gasteiger partial charge in [0.1, 0.15) is 5.82 Å². The molecule has 0 bridgehead atoms. The molecule has 1 aliphatic heterocycles. The zero-order valence-electron chi connectivity index (χ0n) is 12.5. The summed E-state index contributed by atoms with van der Waals surface area (Å²) in [5.74, 6) is -0.278. The Kier molecular flexibility index (Phi) is 6.11. The Labute approximate surface area is 125 Å². The molecule has 1 unspecified atom stereocenters. The number of hydrogen-bond acceptors (Lipinski definition) is 4. The highest BCUT2D eigenvalue weighted by atomic mass is 19.1. The SMILES string of the molecule is CC1(NCC(O)COCc2ccccc2F)CCOCC1. The van der Waals surface area contributed by atoms with Gasteiger partial charge in [-0.2, -0.15) is 0 Å². The van der Waals surface area contributed by atoms with Crippen LogP contribution in [0.1, 0.15) is 25.3 Å². The van der Waals surface area contributed by atoms with Crippen LogP contribution >= 0.6 is 0 Å². The lowest BCUT2D eigenvalue weighted by Gasteiger charge is -2.35. The lowest BCUT2D eigenvalue weighted by molar-refractivity contribution is 0.0111. The van der Waals surface area contributed by atoms with E-state index in [4.69, 9.17) is 9.47 Å². The summed E-state index contributed by atoms with van der Waals surface area (Å²) in [6, 6.07) is 6.50. The molecule has 1 aromatic rings. The number of aliphatic hydroxyl groups is 1. The standard InChI is InChI=1S/C16H24FNO3/c1-16(6-8-20-9-7-16)18-10-14(19)12-21-11-13-4-2-3-5-15(13)17/h2-5,14,18-19H,6-12H2,1H3. The van der Waals surface area contributed by atoms with Gasteiger partial charge >= 0.3 is 0 Å². The fourth-order valence-electron chi connectivity index (χ4n) is 2.34. The van der Waals surface area contributed by atoms with E-state index in [2.05, 4.69) is 12.2 Å². The van der Waals surface area contributed by atoms with Crippen LogP contribution in [-0.2, 0) is 16.1 Å². The first-order valence-electron chi connectivity index (χ1n) is 7.41. The van der Waals surface area contributed by atoms with Gasteiger partial charge in [-0.15, -0.1) is 0 Å². The van der Waals surface area contributed by atoms with E-state index in [-0.39, 0.29) is 24.6 Å². The Hall–Kier alpha value is -1.01. The summed E-state index contributed by atoms with van der Waals surface area (Å²) in [6.45, 7) is 4.48. The first-order chi connectivity index (χ1) is 10.1. The molecular formula is C16H24FNO3. The van der Waals surface area contributed by atoms with Gasteiger partial charge in [-0.3, -0.25) is 0 Å². The second kappa shape index (κ2) is 7.84. The summed E-state index contributed by atoms with van der Waals surface area (Å²) < 4.78 is 24.1. The van der Waals surface area contributed by atoms with Gasteiger partial charge in [-0.25, -0.2) is 4.39 Å². The minimum atomic E-state index is -0.601. The summed E-state index contributed by atoms with van der Waals surface area (Å²) in [5.41, 5.74) is 0.527. The molecule has 1 aliphatic rings. The van der Waals surface area contributed by atoms with Crippen molar-refractivity contribution in [2.75, 3.05) is 26.4 Å². The average molecular weight is 297 g/mol. The van der Waals surface area contributed by atoms with Gasteiger partial charge in [-0.05, 0) is 25.8 Å². The number of rotatable bonds is 7. The monoisotopic (exact) mass is 297 g/mol. The molecule has 0 radical (unpaired) electrons. The van der Waals surface area contributed by atoms with Gasteiger partial charge < -0.3 is 19.9 Å². The highest BCUT2D eigenvalue weighted by Gasteiger charge is 2.27. The van der Waals surface area contributed by atoms with E-state index in [1.807, 2.05) is 0 Å². The van der Waals surface area contributed by atoms with Gasteiger partial charge in [0.25, 0.3) is 0 Å². The minimum Gasteiger partial charge on any atom is -0.389 e. The van der Waals surface area contributed by atoms with Crippen molar-refractivity contribution in [2.24, 2.45) is 0 Å².